The molecule has 2 aromatic heterocycles. The van der Waals surface area contributed by atoms with Gasteiger partial charge in [0.15, 0.2) is 0 Å². The zero-order valence-electron chi connectivity index (χ0n) is 15.3. The minimum Gasteiger partial charge on any atom is -0.325 e. The first-order valence-corrected chi connectivity index (χ1v) is 10.6. The fourth-order valence-electron chi connectivity index (χ4n) is 2.85. The van der Waals surface area contributed by atoms with E-state index in [1.54, 1.807) is 0 Å². The lowest BCUT2D eigenvalue weighted by atomic mass is 10.1. The van der Waals surface area contributed by atoms with Crippen LogP contribution >= 0.6 is 23.1 Å². The summed E-state index contributed by atoms with van der Waals surface area (Å²) in [5.41, 5.74) is -0.0820. The molecule has 152 valence electrons. The Hall–Kier alpha value is -2.91. The molecule has 1 amide bonds. The molecular formula is C21H14F3N3OS2. The van der Waals surface area contributed by atoms with Gasteiger partial charge in [0.2, 0.25) is 5.91 Å². The minimum absolute atomic E-state index is 0.0746. The molecule has 0 aliphatic heterocycles. The number of rotatable bonds is 5. The van der Waals surface area contributed by atoms with Crippen LogP contribution in [-0.4, -0.2) is 21.6 Å². The van der Waals surface area contributed by atoms with Crippen LogP contribution in [0.15, 0.2) is 72.0 Å². The van der Waals surface area contributed by atoms with Crippen molar-refractivity contribution in [1.82, 2.24) is 9.97 Å². The fraction of sp³-hybridized carbons (Fsp3) is 0.0952. The Morgan fingerprint density at radius 1 is 1.03 bits per heavy atom. The van der Waals surface area contributed by atoms with Gasteiger partial charge in [0.25, 0.3) is 0 Å². The van der Waals surface area contributed by atoms with Crippen molar-refractivity contribution in [2.24, 2.45) is 0 Å². The summed E-state index contributed by atoms with van der Waals surface area (Å²) in [5, 5.41) is 3.77. The fourth-order valence-corrected chi connectivity index (χ4v) is 4.69. The maximum atomic E-state index is 13.1. The molecule has 0 fully saturated rings. The zero-order valence-corrected chi connectivity index (χ0v) is 16.9. The number of para-hydroxylation sites is 1. The molecule has 4 aromatic rings. The molecular weight excluding hydrogens is 431 g/mol. The molecule has 0 aliphatic carbocycles. The average Bonchev–Trinajstić information content (AvgIpc) is 3.17. The normalized spacial score (nSPS) is 11.6. The molecule has 30 heavy (non-hydrogen) atoms. The van der Waals surface area contributed by atoms with Gasteiger partial charge >= 0.3 is 6.18 Å². The summed E-state index contributed by atoms with van der Waals surface area (Å²) < 4.78 is 39.3. The van der Waals surface area contributed by atoms with E-state index < -0.39 is 17.6 Å². The molecule has 1 N–H and O–H groups in total. The topological polar surface area (TPSA) is 54.9 Å². The van der Waals surface area contributed by atoms with Crippen molar-refractivity contribution in [3.8, 4) is 10.4 Å². The van der Waals surface area contributed by atoms with Crippen LogP contribution in [0.2, 0.25) is 0 Å². The number of hydrogen-bond donors (Lipinski definition) is 1. The molecule has 0 aliphatic rings. The zero-order chi connectivity index (χ0) is 21.1. The van der Waals surface area contributed by atoms with Crippen molar-refractivity contribution >= 4 is 44.9 Å². The lowest BCUT2D eigenvalue weighted by Crippen LogP contribution is -2.18. The Labute approximate surface area is 178 Å². The van der Waals surface area contributed by atoms with E-state index in [2.05, 4.69) is 15.3 Å². The Morgan fingerprint density at radius 3 is 2.53 bits per heavy atom. The van der Waals surface area contributed by atoms with Crippen LogP contribution in [0.25, 0.3) is 20.7 Å². The van der Waals surface area contributed by atoms with Gasteiger partial charge in [-0.2, -0.15) is 13.2 Å². The van der Waals surface area contributed by atoms with Gasteiger partial charge in [0.05, 0.1) is 17.0 Å². The lowest BCUT2D eigenvalue weighted by molar-refractivity contribution is -0.137. The number of benzene rings is 2. The highest BCUT2D eigenvalue weighted by atomic mass is 32.2. The van der Waals surface area contributed by atoms with E-state index in [1.807, 2.05) is 36.4 Å². The number of thiophene rings is 1. The largest absolute Gasteiger partial charge is 0.418 e. The van der Waals surface area contributed by atoms with E-state index in [9.17, 15) is 18.0 Å². The van der Waals surface area contributed by atoms with Gasteiger partial charge in [0.1, 0.15) is 16.2 Å². The summed E-state index contributed by atoms with van der Waals surface area (Å²) in [5.74, 6) is -0.614. The smallest absolute Gasteiger partial charge is 0.325 e. The first-order chi connectivity index (χ1) is 14.4. The predicted octanol–water partition coefficient (Wildman–Crippen LogP) is 6.11. The van der Waals surface area contributed by atoms with Crippen molar-refractivity contribution in [1.29, 1.82) is 0 Å². The highest BCUT2D eigenvalue weighted by Gasteiger charge is 2.33. The molecule has 0 atom stereocenters. The number of anilines is 1. The third-order valence-electron chi connectivity index (χ3n) is 4.20. The van der Waals surface area contributed by atoms with Crippen molar-refractivity contribution in [3.63, 3.8) is 0 Å². The molecule has 0 bridgehead atoms. The Bertz CT molecular complexity index is 1190. The highest BCUT2D eigenvalue weighted by molar-refractivity contribution is 8.00. The van der Waals surface area contributed by atoms with Crippen molar-refractivity contribution in [2.45, 2.75) is 11.2 Å². The molecule has 0 unspecified atom stereocenters. The van der Waals surface area contributed by atoms with Crippen LogP contribution in [0.1, 0.15) is 5.56 Å². The quantitative estimate of drug-likeness (QED) is 0.298. The van der Waals surface area contributed by atoms with Crippen LogP contribution in [0.4, 0.5) is 18.9 Å². The van der Waals surface area contributed by atoms with E-state index >= 15 is 0 Å². The standard InChI is InChI=1S/C21H14F3N3OS2/c22-21(23,24)15-8-4-5-9-16(15)27-18(28)11-29-19-14-10-17(13-6-2-1-3-7-13)30-20(14)26-12-25-19/h1-10,12H,11H2,(H,27,28). The number of alkyl halides is 3. The van der Waals surface area contributed by atoms with Crippen LogP contribution in [-0.2, 0) is 11.0 Å². The maximum Gasteiger partial charge on any atom is 0.418 e. The molecule has 0 saturated carbocycles. The second kappa shape index (κ2) is 8.45. The Morgan fingerprint density at radius 2 is 1.77 bits per heavy atom. The van der Waals surface area contributed by atoms with Gasteiger partial charge < -0.3 is 5.32 Å². The van der Waals surface area contributed by atoms with Crippen LogP contribution in [0.5, 0.6) is 0 Å². The summed E-state index contributed by atoms with van der Waals surface area (Å²) >= 11 is 2.68. The number of carbonyl (C=O) groups excluding carboxylic acids is 1. The molecule has 4 nitrogen and oxygen atoms in total. The summed E-state index contributed by atoms with van der Waals surface area (Å²) in [6.07, 6.45) is -3.12. The van der Waals surface area contributed by atoms with Gasteiger partial charge in [-0.05, 0) is 23.8 Å². The number of halogens is 3. The second-order valence-electron chi connectivity index (χ2n) is 6.25. The van der Waals surface area contributed by atoms with Crippen molar-refractivity contribution in [3.05, 3.63) is 72.6 Å². The number of carbonyl (C=O) groups is 1. The van der Waals surface area contributed by atoms with Gasteiger partial charge in [-0.15, -0.1) is 11.3 Å². The van der Waals surface area contributed by atoms with Crippen molar-refractivity contribution < 1.29 is 18.0 Å². The van der Waals surface area contributed by atoms with E-state index in [4.69, 9.17) is 0 Å². The Kier molecular flexibility index (Phi) is 5.74. The number of hydrogen-bond acceptors (Lipinski definition) is 5. The number of nitrogens with zero attached hydrogens (tertiary/aromatic N) is 2. The van der Waals surface area contributed by atoms with Crippen LogP contribution in [0.3, 0.4) is 0 Å². The molecule has 0 radical (unpaired) electrons. The number of fused-ring (bicyclic) bond motifs is 1. The molecule has 2 aromatic carbocycles. The molecule has 0 saturated heterocycles. The first kappa shape index (κ1) is 20.4. The molecule has 0 spiro atoms. The number of thioether (sulfide) groups is 1. The predicted molar refractivity (Wildman–Crippen MR) is 114 cm³/mol. The Balaban J connectivity index is 1.50. The van der Waals surface area contributed by atoms with E-state index in [0.29, 0.717) is 5.03 Å². The van der Waals surface area contributed by atoms with E-state index in [-0.39, 0.29) is 11.4 Å². The SMILES string of the molecule is O=C(CSc1ncnc2sc(-c3ccccc3)cc12)Nc1ccccc1C(F)(F)F. The van der Waals surface area contributed by atoms with Gasteiger partial charge in [-0.25, -0.2) is 9.97 Å². The summed E-state index contributed by atoms with van der Waals surface area (Å²) in [6.45, 7) is 0. The summed E-state index contributed by atoms with van der Waals surface area (Å²) in [7, 11) is 0. The molecule has 2 heterocycles. The van der Waals surface area contributed by atoms with Gasteiger partial charge in [0, 0.05) is 10.3 Å². The number of aromatic nitrogens is 2. The van der Waals surface area contributed by atoms with E-state index in [0.717, 1.165) is 38.5 Å². The number of amides is 1. The summed E-state index contributed by atoms with van der Waals surface area (Å²) in [4.78, 5) is 22.6. The molecule has 9 heteroatoms. The van der Waals surface area contributed by atoms with Crippen LogP contribution < -0.4 is 5.32 Å². The second-order valence-corrected chi connectivity index (χ2v) is 8.25. The van der Waals surface area contributed by atoms with Crippen LogP contribution in [0, 0.1) is 0 Å². The lowest BCUT2D eigenvalue weighted by Gasteiger charge is -2.13. The van der Waals surface area contributed by atoms with Gasteiger partial charge in [-0.3, -0.25) is 4.79 Å². The van der Waals surface area contributed by atoms with Crippen molar-refractivity contribution in [2.75, 3.05) is 11.1 Å². The third-order valence-corrected chi connectivity index (χ3v) is 6.30. The van der Waals surface area contributed by atoms with Gasteiger partial charge in [-0.1, -0.05) is 54.2 Å². The summed E-state index contributed by atoms with van der Waals surface area (Å²) in [6, 6.07) is 16.7. The monoisotopic (exact) mass is 445 g/mol. The number of nitrogens with one attached hydrogen (secondary N) is 1. The molecule has 4 rings (SSSR count). The highest BCUT2D eigenvalue weighted by Crippen LogP contribution is 2.37. The minimum atomic E-state index is -4.54. The third kappa shape index (κ3) is 4.47. The average molecular weight is 445 g/mol. The maximum absolute atomic E-state index is 13.1. The van der Waals surface area contributed by atoms with E-state index in [1.165, 1.54) is 35.9 Å². The first-order valence-electron chi connectivity index (χ1n) is 8.80.